The zero-order valence-corrected chi connectivity index (χ0v) is 27.9. The smallest absolute Gasteiger partial charge is 0.0210 e. The second kappa shape index (κ2) is 10.6. The topological polar surface area (TPSA) is 0 Å². The highest BCUT2D eigenvalue weighted by Gasteiger charge is 2.41. The van der Waals surface area contributed by atoms with Crippen LogP contribution in [0.4, 0.5) is 0 Å². The fraction of sp³-hybridized carbons (Fsp3) is 0.102. The van der Waals surface area contributed by atoms with Crippen LogP contribution in [0.25, 0.3) is 87.2 Å². The van der Waals surface area contributed by atoms with Gasteiger partial charge in [-0.25, -0.2) is 0 Å². The summed E-state index contributed by atoms with van der Waals surface area (Å²) in [7, 11) is 0. The van der Waals surface area contributed by atoms with Gasteiger partial charge in [-0.3, -0.25) is 0 Å². The molecule has 0 aliphatic heterocycles. The van der Waals surface area contributed by atoms with Crippen LogP contribution < -0.4 is 0 Å². The molecule has 0 radical (unpaired) electrons. The Bertz CT molecular complexity index is 2720. The molecule has 0 fully saturated rings. The average molecular weight is 625 g/mol. The van der Waals surface area contributed by atoms with Crippen molar-refractivity contribution in [2.24, 2.45) is 0 Å². The van der Waals surface area contributed by atoms with Crippen LogP contribution in [0.1, 0.15) is 37.8 Å². The van der Waals surface area contributed by atoms with Crippen molar-refractivity contribution < 1.29 is 0 Å². The van der Waals surface area contributed by atoms with E-state index in [1.165, 1.54) is 98.4 Å². The van der Waals surface area contributed by atoms with Crippen molar-refractivity contribution in [1.29, 1.82) is 0 Å². The molecule has 0 bridgehead atoms. The normalized spacial score (nSPS) is 13.4. The molecule has 0 N–H and O–H groups in total. The molecular weight excluding hydrogens is 589 g/mol. The molecule has 9 aromatic carbocycles. The van der Waals surface area contributed by atoms with E-state index in [0.717, 1.165) is 12.8 Å². The van der Waals surface area contributed by atoms with Gasteiger partial charge in [0.2, 0.25) is 0 Å². The predicted octanol–water partition coefficient (Wildman–Crippen LogP) is 13.9. The summed E-state index contributed by atoms with van der Waals surface area (Å²) in [5, 5.41) is 13.2. The molecule has 1 aliphatic carbocycles. The molecule has 9 aromatic rings. The quantitative estimate of drug-likeness (QED) is 0.135. The van der Waals surface area contributed by atoms with Crippen molar-refractivity contribution in [2.45, 2.75) is 32.1 Å². The molecule has 0 saturated heterocycles. The van der Waals surface area contributed by atoms with Gasteiger partial charge < -0.3 is 0 Å². The van der Waals surface area contributed by atoms with Crippen molar-refractivity contribution in [1.82, 2.24) is 0 Å². The van der Waals surface area contributed by atoms with Crippen LogP contribution in [0.3, 0.4) is 0 Å². The predicted molar refractivity (Wildman–Crippen MR) is 212 cm³/mol. The van der Waals surface area contributed by atoms with Crippen molar-refractivity contribution in [3.63, 3.8) is 0 Å². The van der Waals surface area contributed by atoms with E-state index >= 15 is 0 Å². The number of hydrogen-bond donors (Lipinski definition) is 0. The van der Waals surface area contributed by atoms with Gasteiger partial charge in [-0.1, -0.05) is 153 Å². The van der Waals surface area contributed by atoms with Gasteiger partial charge in [-0.2, -0.15) is 0 Å². The zero-order chi connectivity index (χ0) is 32.7. The third-order valence-electron chi connectivity index (χ3n) is 11.7. The minimum atomic E-state index is -0.0583. The zero-order valence-electron chi connectivity index (χ0n) is 27.9. The van der Waals surface area contributed by atoms with Gasteiger partial charge in [-0.05, 0) is 129 Å². The van der Waals surface area contributed by atoms with Crippen LogP contribution >= 0.6 is 0 Å². The maximum Gasteiger partial charge on any atom is 0.0210 e. The molecule has 10 rings (SSSR count). The molecular formula is C49H36. The third kappa shape index (κ3) is 3.86. The number of hydrogen-bond acceptors (Lipinski definition) is 0. The first-order chi connectivity index (χ1) is 24.2. The third-order valence-corrected chi connectivity index (χ3v) is 11.7. The minimum Gasteiger partial charge on any atom is -0.0642 e. The van der Waals surface area contributed by atoms with Gasteiger partial charge in [0.1, 0.15) is 0 Å². The molecule has 1 aliphatic rings. The number of fused-ring (bicyclic) bond motifs is 11. The molecule has 0 aromatic heterocycles. The molecule has 232 valence electrons. The fourth-order valence-electron chi connectivity index (χ4n) is 9.41. The lowest BCUT2D eigenvalue weighted by Gasteiger charge is -2.30. The second-order valence-corrected chi connectivity index (χ2v) is 13.8. The van der Waals surface area contributed by atoms with Crippen LogP contribution in [0.5, 0.6) is 0 Å². The van der Waals surface area contributed by atoms with Crippen LogP contribution in [0.15, 0.2) is 158 Å². The molecule has 0 unspecified atom stereocenters. The Kier molecular flexibility index (Phi) is 6.15. The second-order valence-electron chi connectivity index (χ2n) is 13.8. The molecule has 0 atom stereocenters. The highest BCUT2D eigenvalue weighted by Crippen LogP contribution is 2.56. The van der Waals surface area contributed by atoms with Gasteiger partial charge in [0.25, 0.3) is 0 Å². The molecule has 0 saturated carbocycles. The van der Waals surface area contributed by atoms with Crippen LogP contribution in [-0.2, 0) is 5.41 Å². The summed E-state index contributed by atoms with van der Waals surface area (Å²) < 4.78 is 0. The van der Waals surface area contributed by atoms with E-state index in [0.29, 0.717) is 0 Å². The van der Waals surface area contributed by atoms with E-state index < -0.39 is 0 Å². The van der Waals surface area contributed by atoms with Gasteiger partial charge in [0.15, 0.2) is 0 Å². The Morgan fingerprint density at radius 3 is 1.24 bits per heavy atom. The average Bonchev–Trinajstić information content (AvgIpc) is 3.44. The van der Waals surface area contributed by atoms with E-state index in [9.17, 15) is 0 Å². The summed E-state index contributed by atoms with van der Waals surface area (Å²) >= 11 is 0. The summed E-state index contributed by atoms with van der Waals surface area (Å²) in [5.41, 5.74) is 10.9. The molecule has 0 heterocycles. The first-order valence-electron chi connectivity index (χ1n) is 17.7. The monoisotopic (exact) mass is 624 g/mol. The van der Waals surface area contributed by atoms with Gasteiger partial charge in [0, 0.05) is 5.41 Å². The van der Waals surface area contributed by atoms with E-state index in [1.54, 1.807) is 0 Å². The van der Waals surface area contributed by atoms with Gasteiger partial charge in [-0.15, -0.1) is 0 Å². The van der Waals surface area contributed by atoms with Crippen LogP contribution in [0.2, 0.25) is 0 Å². The van der Waals surface area contributed by atoms with Gasteiger partial charge >= 0.3 is 0 Å². The van der Waals surface area contributed by atoms with Crippen molar-refractivity contribution >= 4 is 53.9 Å². The lowest BCUT2D eigenvalue weighted by molar-refractivity contribution is 0.491. The molecule has 0 nitrogen and oxygen atoms in total. The number of rotatable bonds is 4. The first-order valence-corrected chi connectivity index (χ1v) is 17.7. The van der Waals surface area contributed by atoms with Crippen LogP contribution in [-0.4, -0.2) is 0 Å². The highest BCUT2D eigenvalue weighted by molar-refractivity contribution is 6.26. The molecule has 0 amide bonds. The Morgan fingerprint density at radius 2 is 0.735 bits per heavy atom. The fourth-order valence-corrected chi connectivity index (χ4v) is 9.41. The standard InChI is InChI=1S/C49H36/c1-3-49(4-2)45-28-32(48-40-24-14-12-22-38(40)47(31-16-6-5-7-17-31)39-23-13-15-25-41(39)48)26-27-37(45)44-29-42-35-20-10-8-18-33(35)34-19-9-11-21-36(34)43(42)30-46(44)49/h5-30H,3-4H2,1-2H3. The Morgan fingerprint density at radius 1 is 0.327 bits per heavy atom. The number of benzene rings is 9. The SMILES string of the molecule is CCC1(CC)c2cc(-c3c4ccccc4c(-c4ccccc4)c4ccccc34)ccc2-c2cc3c4ccccc4c4ccccc4c3cc21. The summed E-state index contributed by atoms with van der Waals surface area (Å²) in [5.74, 6) is 0. The van der Waals surface area contributed by atoms with E-state index in [4.69, 9.17) is 0 Å². The largest absolute Gasteiger partial charge is 0.0642 e. The maximum absolute atomic E-state index is 2.56. The van der Waals surface area contributed by atoms with Gasteiger partial charge in [0.05, 0.1) is 0 Å². The summed E-state index contributed by atoms with van der Waals surface area (Å²) in [6.07, 6.45) is 2.11. The van der Waals surface area contributed by atoms with Crippen molar-refractivity contribution in [2.75, 3.05) is 0 Å². The lowest BCUT2D eigenvalue weighted by Crippen LogP contribution is -2.23. The van der Waals surface area contributed by atoms with E-state index in [-0.39, 0.29) is 5.41 Å². The van der Waals surface area contributed by atoms with E-state index in [1.807, 2.05) is 0 Å². The molecule has 0 heteroatoms. The van der Waals surface area contributed by atoms with Crippen molar-refractivity contribution in [3.05, 3.63) is 169 Å². The van der Waals surface area contributed by atoms with E-state index in [2.05, 4.69) is 172 Å². The Balaban J connectivity index is 1.28. The molecule has 0 spiro atoms. The van der Waals surface area contributed by atoms with Crippen LogP contribution in [0, 0.1) is 0 Å². The Labute approximate surface area is 287 Å². The minimum absolute atomic E-state index is 0.0583. The first kappa shape index (κ1) is 28.3. The highest BCUT2D eigenvalue weighted by atomic mass is 14.4. The summed E-state index contributed by atoms with van der Waals surface area (Å²) in [6.45, 7) is 4.77. The Hall–Kier alpha value is -5.72. The maximum atomic E-state index is 2.56. The summed E-state index contributed by atoms with van der Waals surface area (Å²) in [6, 6.07) is 59.3. The molecule has 49 heavy (non-hydrogen) atoms. The lowest BCUT2D eigenvalue weighted by atomic mass is 9.72. The van der Waals surface area contributed by atoms with Crippen molar-refractivity contribution in [3.8, 4) is 33.4 Å². The summed E-state index contributed by atoms with van der Waals surface area (Å²) in [4.78, 5) is 0.